The highest BCUT2D eigenvalue weighted by Crippen LogP contribution is 2.44. The van der Waals surface area contributed by atoms with E-state index in [0.717, 1.165) is 35.1 Å². The van der Waals surface area contributed by atoms with Crippen molar-refractivity contribution in [1.82, 2.24) is 10.6 Å². The Morgan fingerprint density at radius 2 is 1.64 bits per heavy atom. The molecule has 2 amide bonds. The van der Waals surface area contributed by atoms with Gasteiger partial charge in [-0.25, -0.2) is 4.79 Å². The van der Waals surface area contributed by atoms with Gasteiger partial charge in [-0.1, -0.05) is 55.5 Å². The molecule has 2 aromatic rings. The normalized spacial score (nSPS) is 16.3. The minimum atomic E-state index is -0.919. The molecule has 2 atom stereocenters. The first-order chi connectivity index (χ1) is 16.0. The molecule has 2 unspecified atom stereocenters. The predicted octanol–water partition coefficient (Wildman–Crippen LogP) is 3.92. The number of nitrogens with one attached hydrogen (secondary N) is 2. The summed E-state index contributed by atoms with van der Waals surface area (Å²) in [7, 11) is 0. The third-order valence-corrected chi connectivity index (χ3v) is 6.61. The molecule has 174 valence electrons. The number of hydrogen-bond acceptors (Lipinski definition) is 4. The molecule has 0 bridgehead atoms. The van der Waals surface area contributed by atoms with E-state index >= 15 is 0 Å². The van der Waals surface area contributed by atoms with Gasteiger partial charge in [0.1, 0.15) is 6.61 Å². The van der Waals surface area contributed by atoms with Gasteiger partial charge in [-0.3, -0.25) is 9.59 Å². The molecular formula is C26H30N2O5. The van der Waals surface area contributed by atoms with Gasteiger partial charge in [-0.05, 0) is 47.4 Å². The number of hydrogen-bond donors (Lipinski definition) is 3. The van der Waals surface area contributed by atoms with Crippen LogP contribution in [0.25, 0.3) is 11.1 Å². The maximum absolute atomic E-state index is 12.7. The van der Waals surface area contributed by atoms with Gasteiger partial charge < -0.3 is 20.5 Å². The molecule has 4 rings (SSSR count). The Morgan fingerprint density at radius 3 is 2.18 bits per heavy atom. The van der Waals surface area contributed by atoms with Crippen molar-refractivity contribution in [2.75, 3.05) is 13.2 Å². The fourth-order valence-corrected chi connectivity index (χ4v) is 4.60. The van der Waals surface area contributed by atoms with Crippen LogP contribution in [0.2, 0.25) is 0 Å². The van der Waals surface area contributed by atoms with Gasteiger partial charge in [0.2, 0.25) is 5.91 Å². The van der Waals surface area contributed by atoms with Gasteiger partial charge in [-0.2, -0.15) is 0 Å². The van der Waals surface area contributed by atoms with Gasteiger partial charge >= 0.3 is 12.1 Å². The fraction of sp³-hybridized carbons (Fsp3) is 0.423. The summed E-state index contributed by atoms with van der Waals surface area (Å²) < 4.78 is 5.54. The zero-order valence-electron chi connectivity index (χ0n) is 18.8. The van der Waals surface area contributed by atoms with E-state index in [1.54, 1.807) is 0 Å². The van der Waals surface area contributed by atoms with Gasteiger partial charge in [0.25, 0.3) is 0 Å². The number of fused-ring (bicyclic) bond motifs is 3. The van der Waals surface area contributed by atoms with Crippen LogP contribution >= 0.6 is 0 Å². The van der Waals surface area contributed by atoms with Gasteiger partial charge in [0, 0.05) is 18.5 Å². The van der Waals surface area contributed by atoms with E-state index in [2.05, 4.69) is 34.9 Å². The summed E-state index contributed by atoms with van der Waals surface area (Å²) in [5, 5.41) is 14.7. The SMILES string of the molecule is CCC(CNC(=O)OCC1c2ccccc2-c2ccccc21)C(=O)NC(CC(=O)O)C1CC1. The second kappa shape index (κ2) is 10.1. The highest BCUT2D eigenvalue weighted by molar-refractivity contribution is 5.81. The molecule has 0 spiro atoms. The molecule has 0 heterocycles. The smallest absolute Gasteiger partial charge is 0.407 e. The van der Waals surface area contributed by atoms with Crippen molar-refractivity contribution in [3.63, 3.8) is 0 Å². The molecule has 0 radical (unpaired) electrons. The molecule has 2 aliphatic carbocycles. The van der Waals surface area contributed by atoms with Crippen LogP contribution in [0.1, 0.15) is 49.7 Å². The first-order valence-electron chi connectivity index (χ1n) is 11.6. The van der Waals surface area contributed by atoms with E-state index in [1.807, 2.05) is 31.2 Å². The molecule has 33 heavy (non-hydrogen) atoms. The summed E-state index contributed by atoms with van der Waals surface area (Å²) in [6.45, 7) is 2.22. The Bertz CT molecular complexity index is 987. The molecule has 2 aromatic carbocycles. The number of carbonyl (C=O) groups is 3. The van der Waals surface area contributed by atoms with Crippen LogP contribution in [-0.4, -0.2) is 42.3 Å². The van der Waals surface area contributed by atoms with Crippen LogP contribution in [0.3, 0.4) is 0 Å². The summed E-state index contributed by atoms with van der Waals surface area (Å²) >= 11 is 0. The predicted molar refractivity (Wildman–Crippen MR) is 124 cm³/mol. The van der Waals surface area contributed by atoms with E-state index in [0.29, 0.717) is 6.42 Å². The Balaban J connectivity index is 1.30. The topological polar surface area (TPSA) is 105 Å². The van der Waals surface area contributed by atoms with E-state index in [1.165, 1.54) is 0 Å². The van der Waals surface area contributed by atoms with E-state index < -0.39 is 18.0 Å². The Kier molecular flexibility index (Phi) is 6.96. The quantitative estimate of drug-likeness (QED) is 0.509. The number of ether oxygens (including phenoxy) is 1. The zero-order chi connectivity index (χ0) is 23.4. The van der Waals surface area contributed by atoms with Crippen molar-refractivity contribution in [3.05, 3.63) is 59.7 Å². The minimum absolute atomic E-state index is 0.0243. The second-order valence-corrected chi connectivity index (χ2v) is 8.86. The maximum atomic E-state index is 12.7. The minimum Gasteiger partial charge on any atom is -0.481 e. The first kappa shape index (κ1) is 22.8. The van der Waals surface area contributed by atoms with Crippen LogP contribution < -0.4 is 10.6 Å². The number of aliphatic carboxylic acids is 1. The summed E-state index contributed by atoms with van der Waals surface area (Å²) in [5.74, 6) is -1.38. The Labute approximate surface area is 193 Å². The molecule has 2 aliphatic rings. The summed E-state index contributed by atoms with van der Waals surface area (Å²) in [6, 6.07) is 15.9. The molecular weight excluding hydrogens is 420 g/mol. The highest BCUT2D eigenvalue weighted by atomic mass is 16.5. The number of benzene rings is 2. The van der Waals surface area contributed by atoms with Gasteiger partial charge in [-0.15, -0.1) is 0 Å². The fourth-order valence-electron chi connectivity index (χ4n) is 4.60. The van der Waals surface area contributed by atoms with E-state index in [4.69, 9.17) is 9.84 Å². The van der Waals surface area contributed by atoms with Crippen LogP contribution in [0.15, 0.2) is 48.5 Å². The van der Waals surface area contributed by atoms with Crippen molar-refractivity contribution in [1.29, 1.82) is 0 Å². The molecule has 7 nitrogen and oxygen atoms in total. The molecule has 0 saturated heterocycles. The van der Waals surface area contributed by atoms with Crippen molar-refractivity contribution < 1.29 is 24.2 Å². The first-order valence-corrected chi connectivity index (χ1v) is 11.6. The number of alkyl carbamates (subject to hydrolysis) is 1. The summed E-state index contributed by atoms with van der Waals surface area (Å²) in [6.07, 6.45) is 1.76. The van der Waals surface area contributed by atoms with Crippen molar-refractivity contribution in [2.45, 2.75) is 44.6 Å². The van der Waals surface area contributed by atoms with Crippen molar-refractivity contribution >= 4 is 18.0 Å². The van der Waals surface area contributed by atoms with E-state index in [-0.39, 0.29) is 43.4 Å². The molecule has 3 N–H and O–H groups in total. The molecule has 1 fully saturated rings. The van der Waals surface area contributed by atoms with Crippen molar-refractivity contribution in [2.24, 2.45) is 11.8 Å². The summed E-state index contributed by atoms with van der Waals surface area (Å²) in [4.78, 5) is 36.2. The number of carboxylic acid groups (broad SMARTS) is 1. The zero-order valence-corrected chi connectivity index (χ0v) is 18.8. The number of carboxylic acids is 1. The Morgan fingerprint density at radius 1 is 1.03 bits per heavy atom. The number of rotatable bonds is 10. The monoisotopic (exact) mass is 450 g/mol. The van der Waals surface area contributed by atoms with Gasteiger partial charge in [0.05, 0.1) is 12.3 Å². The maximum Gasteiger partial charge on any atom is 0.407 e. The largest absolute Gasteiger partial charge is 0.481 e. The molecule has 7 heteroatoms. The molecule has 0 aliphatic heterocycles. The van der Waals surface area contributed by atoms with Crippen LogP contribution in [0.5, 0.6) is 0 Å². The average Bonchev–Trinajstić information content (AvgIpc) is 3.60. The number of carbonyl (C=O) groups excluding carboxylic acids is 2. The van der Waals surface area contributed by atoms with Crippen LogP contribution in [0, 0.1) is 11.8 Å². The third-order valence-electron chi connectivity index (χ3n) is 6.61. The average molecular weight is 451 g/mol. The lowest BCUT2D eigenvalue weighted by atomic mass is 9.98. The second-order valence-electron chi connectivity index (χ2n) is 8.86. The lowest BCUT2D eigenvalue weighted by Gasteiger charge is -2.21. The summed E-state index contributed by atoms with van der Waals surface area (Å²) in [5.41, 5.74) is 4.61. The molecule has 1 saturated carbocycles. The number of amides is 2. The lowest BCUT2D eigenvalue weighted by molar-refractivity contribution is -0.138. The van der Waals surface area contributed by atoms with Crippen LogP contribution in [0.4, 0.5) is 4.79 Å². The van der Waals surface area contributed by atoms with Crippen LogP contribution in [-0.2, 0) is 14.3 Å². The lowest BCUT2D eigenvalue weighted by Crippen LogP contribution is -2.44. The standard InChI is InChI=1S/C26H30N2O5/c1-2-16(25(31)28-23(13-24(29)30)17-11-12-17)14-27-26(32)33-15-22-20-9-5-3-7-18(20)19-8-4-6-10-21(19)22/h3-10,16-17,22-23H,2,11-15H2,1H3,(H,27,32)(H,28,31)(H,29,30). The van der Waals surface area contributed by atoms with E-state index in [9.17, 15) is 14.4 Å². The Hall–Kier alpha value is -3.35. The van der Waals surface area contributed by atoms with Gasteiger partial charge in [0.15, 0.2) is 0 Å². The molecule has 0 aromatic heterocycles. The van der Waals surface area contributed by atoms with Crippen molar-refractivity contribution in [3.8, 4) is 11.1 Å². The highest BCUT2D eigenvalue weighted by Gasteiger charge is 2.35. The third kappa shape index (κ3) is 5.35.